The molecule has 0 aromatic rings. The summed E-state index contributed by atoms with van der Waals surface area (Å²) in [5, 5.41) is 8.73. The van der Waals surface area contributed by atoms with Gasteiger partial charge >= 0.3 is 0 Å². The van der Waals surface area contributed by atoms with E-state index in [0.717, 1.165) is 6.42 Å². The van der Waals surface area contributed by atoms with Crippen LogP contribution < -0.4 is 5.73 Å². The van der Waals surface area contributed by atoms with Crippen LogP contribution in [0.5, 0.6) is 0 Å². The molecule has 0 radical (unpaired) electrons. The summed E-state index contributed by atoms with van der Waals surface area (Å²) in [7, 11) is 0. The Hall–Kier alpha value is -0.610. The lowest BCUT2D eigenvalue weighted by molar-refractivity contribution is -0.133. The molecule has 0 spiro atoms. The molecule has 3 N–H and O–H groups in total. The molecule has 0 rings (SSSR count). The average Bonchev–Trinajstić information content (AvgIpc) is 2.15. The lowest BCUT2D eigenvalue weighted by Crippen LogP contribution is -2.44. The van der Waals surface area contributed by atoms with Crippen molar-refractivity contribution in [2.75, 3.05) is 19.7 Å². The van der Waals surface area contributed by atoms with Crippen LogP contribution in [-0.4, -0.2) is 41.7 Å². The molecule has 1 unspecified atom stereocenters. The van der Waals surface area contributed by atoms with E-state index in [0.29, 0.717) is 19.5 Å². The highest BCUT2D eigenvalue weighted by atomic mass is 16.3. The number of amides is 1. The van der Waals surface area contributed by atoms with Gasteiger partial charge in [0.1, 0.15) is 0 Å². The van der Waals surface area contributed by atoms with Crippen LogP contribution in [-0.2, 0) is 4.79 Å². The van der Waals surface area contributed by atoms with Crippen LogP contribution >= 0.6 is 0 Å². The maximum atomic E-state index is 11.5. The maximum absolute atomic E-state index is 11.5. The molecule has 0 saturated carbocycles. The monoisotopic (exact) mass is 188 g/mol. The van der Waals surface area contributed by atoms with E-state index >= 15 is 0 Å². The maximum Gasteiger partial charge on any atom is 0.239 e. The predicted octanol–water partition coefficient (Wildman–Crippen LogP) is -0.0454. The van der Waals surface area contributed by atoms with E-state index in [9.17, 15) is 4.79 Å². The zero-order chi connectivity index (χ0) is 10.3. The number of nitrogens with zero attached hydrogens (tertiary/aromatic N) is 1. The highest BCUT2D eigenvalue weighted by Gasteiger charge is 2.17. The molecule has 0 aliphatic carbocycles. The summed E-state index contributed by atoms with van der Waals surface area (Å²) in [4.78, 5) is 13.2. The Morgan fingerprint density at radius 3 is 2.46 bits per heavy atom. The van der Waals surface area contributed by atoms with Crippen molar-refractivity contribution in [2.45, 2.75) is 32.7 Å². The van der Waals surface area contributed by atoms with Gasteiger partial charge in [0.15, 0.2) is 0 Å². The van der Waals surface area contributed by atoms with E-state index in [-0.39, 0.29) is 12.5 Å². The van der Waals surface area contributed by atoms with Gasteiger partial charge in [0.25, 0.3) is 0 Å². The fourth-order valence-electron chi connectivity index (χ4n) is 1.13. The Labute approximate surface area is 79.7 Å². The lowest BCUT2D eigenvalue weighted by atomic mass is 10.2. The van der Waals surface area contributed by atoms with E-state index in [4.69, 9.17) is 10.8 Å². The normalized spacial score (nSPS) is 12.6. The standard InChI is InChI=1S/C9H20N2O2/c1-3-5-11(6-7-12)9(13)8(10)4-2/h8,12H,3-7,10H2,1-2H3. The van der Waals surface area contributed by atoms with Crippen LogP contribution in [0.25, 0.3) is 0 Å². The third-order valence-corrected chi connectivity index (χ3v) is 1.93. The summed E-state index contributed by atoms with van der Waals surface area (Å²) in [6, 6.07) is -0.418. The molecule has 0 heterocycles. The molecule has 0 aromatic heterocycles. The van der Waals surface area contributed by atoms with Gasteiger partial charge in [0, 0.05) is 13.1 Å². The molecular formula is C9H20N2O2. The van der Waals surface area contributed by atoms with Crippen molar-refractivity contribution in [3.05, 3.63) is 0 Å². The first kappa shape index (κ1) is 12.4. The first-order valence-electron chi connectivity index (χ1n) is 4.82. The summed E-state index contributed by atoms with van der Waals surface area (Å²) >= 11 is 0. The molecule has 0 aliphatic heterocycles. The Morgan fingerprint density at radius 2 is 2.08 bits per heavy atom. The largest absolute Gasteiger partial charge is 0.395 e. The number of hydrogen-bond acceptors (Lipinski definition) is 3. The van der Waals surface area contributed by atoms with Crippen molar-refractivity contribution in [3.63, 3.8) is 0 Å². The third-order valence-electron chi connectivity index (χ3n) is 1.93. The molecule has 0 saturated heterocycles. The third kappa shape index (κ3) is 4.24. The van der Waals surface area contributed by atoms with Gasteiger partial charge in [-0.05, 0) is 12.8 Å². The number of carbonyl (C=O) groups is 1. The topological polar surface area (TPSA) is 66.6 Å². The van der Waals surface area contributed by atoms with Gasteiger partial charge in [-0.15, -0.1) is 0 Å². The van der Waals surface area contributed by atoms with Gasteiger partial charge in [-0.3, -0.25) is 4.79 Å². The van der Waals surface area contributed by atoms with Crippen LogP contribution in [0, 0.1) is 0 Å². The van der Waals surface area contributed by atoms with Gasteiger partial charge in [-0.25, -0.2) is 0 Å². The van der Waals surface area contributed by atoms with Gasteiger partial charge in [0.2, 0.25) is 5.91 Å². The van der Waals surface area contributed by atoms with Gasteiger partial charge in [-0.1, -0.05) is 13.8 Å². The van der Waals surface area contributed by atoms with Crippen molar-refractivity contribution in [3.8, 4) is 0 Å². The minimum atomic E-state index is -0.418. The van der Waals surface area contributed by atoms with E-state index in [1.807, 2.05) is 13.8 Å². The number of aliphatic hydroxyl groups is 1. The van der Waals surface area contributed by atoms with E-state index in [2.05, 4.69) is 0 Å². The Bertz CT molecular complexity index is 145. The molecular weight excluding hydrogens is 168 g/mol. The van der Waals surface area contributed by atoms with Crippen LogP contribution in [0.15, 0.2) is 0 Å². The second kappa shape index (κ2) is 6.86. The lowest BCUT2D eigenvalue weighted by Gasteiger charge is -2.23. The van der Waals surface area contributed by atoms with Crippen molar-refractivity contribution in [1.29, 1.82) is 0 Å². The fourth-order valence-corrected chi connectivity index (χ4v) is 1.13. The second-order valence-corrected chi connectivity index (χ2v) is 3.06. The zero-order valence-electron chi connectivity index (χ0n) is 8.49. The summed E-state index contributed by atoms with van der Waals surface area (Å²) < 4.78 is 0. The van der Waals surface area contributed by atoms with Gasteiger partial charge in [0.05, 0.1) is 12.6 Å². The first-order chi connectivity index (χ1) is 6.17. The molecule has 0 bridgehead atoms. The second-order valence-electron chi connectivity index (χ2n) is 3.06. The van der Waals surface area contributed by atoms with Crippen LogP contribution in [0.1, 0.15) is 26.7 Å². The molecule has 0 aromatic carbocycles. The van der Waals surface area contributed by atoms with Crippen LogP contribution in [0.3, 0.4) is 0 Å². The fraction of sp³-hybridized carbons (Fsp3) is 0.889. The molecule has 13 heavy (non-hydrogen) atoms. The number of hydrogen-bond donors (Lipinski definition) is 2. The Balaban J connectivity index is 4.09. The minimum absolute atomic E-state index is 0.00216. The van der Waals surface area contributed by atoms with Crippen molar-refractivity contribution in [2.24, 2.45) is 5.73 Å². The number of carbonyl (C=O) groups excluding carboxylic acids is 1. The Kier molecular flexibility index (Phi) is 6.54. The highest BCUT2D eigenvalue weighted by molar-refractivity contribution is 5.81. The number of rotatable bonds is 6. The zero-order valence-corrected chi connectivity index (χ0v) is 8.49. The summed E-state index contributed by atoms with van der Waals surface area (Å²) in [6.45, 7) is 4.94. The predicted molar refractivity (Wildman–Crippen MR) is 52.2 cm³/mol. The molecule has 78 valence electrons. The highest BCUT2D eigenvalue weighted by Crippen LogP contribution is 1.98. The molecule has 0 aliphatic rings. The molecule has 4 heteroatoms. The average molecular weight is 188 g/mol. The molecule has 1 amide bonds. The molecule has 1 atom stereocenters. The first-order valence-corrected chi connectivity index (χ1v) is 4.82. The Morgan fingerprint density at radius 1 is 1.46 bits per heavy atom. The van der Waals surface area contributed by atoms with Crippen molar-refractivity contribution < 1.29 is 9.90 Å². The van der Waals surface area contributed by atoms with E-state index in [1.165, 1.54) is 0 Å². The minimum Gasteiger partial charge on any atom is -0.395 e. The number of nitrogens with two attached hydrogens (primary N) is 1. The van der Waals surface area contributed by atoms with E-state index < -0.39 is 6.04 Å². The SMILES string of the molecule is CCCN(CCO)C(=O)C(N)CC. The van der Waals surface area contributed by atoms with E-state index in [1.54, 1.807) is 4.90 Å². The molecule has 0 fully saturated rings. The summed E-state index contributed by atoms with van der Waals surface area (Å²) in [5.74, 6) is -0.0570. The van der Waals surface area contributed by atoms with Gasteiger partial charge in [-0.2, -0.15) is 0 Å². The quantitative estimate of drug-likeness (QED) is 0.614. The number of aliphatic hydroxyl groups excluding tert-OH is 1. The molecule has 4 nitrogen and oxygen atoms in total. The summed E-state index contributed by atoms with van der Waals surface area (Å²) in [6.07, 6.45) is 1.53. The van der Waals surface area contributed by atoms with Crippen LogP contribution in [0.2, 0.25) is 0 Å². The van der Waals surface area contributed by atoms with Gasteiger partial charge < -0.3 is 15.7 Å². The van der Waals surface area contributed by atoms with Crippen molar-refractivity contribution in [1.82, 2.24) is 4.90 Å². The summed E-state index contributed by atoms with van der Waals surface area (Å²) in [5.41, 5.74) is 5.61. The van der Waals surface area contributed by atoms with Crippen LogP contribution in [0.4, 0.5) is 0 Å². The smallest absolute Gasteiger partial charge is 0.239 e. The van der Waals surface area contributed by atoms with Crippen molar-refractivity contribution >= 4 is 5.91 Å².